The summed E-state index contributed by atoms with van der Waals surface area (Å²) in [5, 5.41) is 7.49. The third-order valence-electron chi connectivity index (χ3n) is 4.39. The second-order valence-electron chi connectivity index (χ2n) is 6.94. The maximum Gasteiger partial charge on any atom is 0.268 e. The fourth-order valence-corrected chi connectivity index (χ4v) is 5.09. The molecule has 7 heteroatoms. The third kappa shape index (κ3) is 3.73. The summed E-state index contributed by atoms with van der Waals surface area (Å²) < 4.78 is 5.11. The summed E-state index contributed by atoms with van der Waals surface area (Å²) in [6.07, 6.45) is 3.24. The van der Waals surface area contributed by atoms with Crippen LogP contribution in [0.1, 0.15) is 23.3 Å². The molecule has 0 bridgehead atoms. The van der Waals surface area contributed by atoms with Crippen LogP contribution >= 0.6 is 0 Å². The molecule has 1 aliphatic rings. The molecule has 0 aliphatic carbocycles. The predicted octanol–water partition coefficient (Wildman–Crippen LogP) is 2.26. The van der Waals surface area contributed by atoms with Crippen molar-refractivity contribution in [3.63, 3.8) is 0 Å². The lowest BCUT2D eigenvalue weighted by Crippen LogP contribution is -2.49. The second kappa shape index (κ2) is 6.33. The molecular weight excluding hydrogens is 308 g/mol. The zero-order valence-electron chi connectivity index (χ0n) is 13.9. The van der Waals surface area contributed by atoms with Crippen molar-refractivity contribution >= 4 is 25.0 Å². The number of hydrogen-bond acceptors (Lipinski definition) is 4. The van der Waals surface area contributed by atoms with Gasteiger partial charge in [0.25, 0.3) is 5.91 Å². The number of carbonyl (C=O) groups excluding carboxylic acids is 1. The van der Waals surface area contributed by atoms with Crippen molar-refractivity contribution in [3.05, 3.63) is 23.9 Å². The predicted molar refractivity (Wildman–Crippen MR) is 93.4 cm³/mol. The average molecular weight is 332 g/mol. The van der Waals surface area contributed by atoms with Gasteiger partial charge in [0.2, 0.25) is 5.88 Å². The van der Waals surface area contributed by atoms with Crippen LogP contribution in [0.5, 0.6) is 5.88 Å². The van der Waals surface area contributed by atoms with Crippen LogP contribution in [-0.2, 0) is 0 Å². The van der Waals surface area contributed by atoms with Crippen molar-refractivity contribution in [2.75, 3.05) is 13.3 Å². The van der Waals surface area contributed by atoms with Crippen LogP contribution < -0.4 is 15.4 Å². The van der Waals surface area contributed by atoms with Crippen LogP contribution in [0.25, 0.3) is 11.0 Å². The Labute approximate surface area is 137 Å². The number of carbonyl (C=O) groups is 1. The van der Waals surface area contributed by atoms with E-state index in [-0.39, 0.29) is 12.1 Å². The van der Waals surface area contributed by atoms with E-state index in [9.17, 15) is 4.79 Å². The van der Waals surface area contributed by atoms with Gasteiger partial charge in [-0.15, -0.1) is 0 Å². The Hall–Kier alpha value is -1.86. The molecule has 1 fully saturated rings. The van der Waals surface area contributed by atoms with E-state index in [1.165, 1.54) is 12.5 Å². The number of hydrogen-bond donors (Lipinski definition) is 3. The Morgan fingerprint density at radius 3 is 3.04 bits per heavy atom. The Balaban J connectivity index is 1.70. The zero-order chi connectivity index (χ0) is 16.4. The summed E-state index contributed by atoms with van der Waals surface area (Å²) in [5.41, 5.74) is 1.19. The van der Waals surface area contributed by atoms with E-state index >= 15 is 0 Å². The van der Waals surface area contributed by atoms with Gasteiger partial charge in [-0.2, -0.15) is 4.98 Å². The molecule has 6 nitrogen and oxygen atoms in total. The standard InChI is InChI=1S/C16H24N4O2Si/c1-22-14-7-6-11-9-12(18-15(11)20-14)16(21)19-13-5-4-8-23(2,3)10-17-13/h6-7,9,13,17H,4-5,8,10H2,1-3H3,(H,18,20)(H,19,21)/t13-/m1/s1. The van der Waals surface area contributed by atoms with Gasteiger partial charge in [0.15, 0.2) is 0 Å². The molecular formula is C16H24N4O2Si. The Kier molecular flexibility index (Phi) is 4.41. The number of nitrogens with one attached hydrogen (secondary N) is 3. The highest BCUT2D eigenvalue weighted by molar-refractivity contribution is 6.77. The normalized spacial score (nSPS) is 20.9. The molecule has 124 valence electrons. The molecule has 0 unspecified atom stereocenters. The van der Waals surface area contributed by atoms with Crippen molar-refractivity contribution < 1.29 is 9.53 Å². The molecule has 3 rings (SSSR count). The van der Waals surface area contributed by atoms with E-state index in [4.69, 9.17) is 4.74 Å². The first-order chi connectivity index (χ1) is 11.0. The smallest absolute Gasteiger partial charge is 0.268 e. The van der Waals surface area contributed by atoms with Crippen LogP contribution in [0.15, 0.2) is 18.2 Å². The minimum absolute atomic E-state index is 0.0469. The van der Waals surface area contributed by atoms with Gasteiger partial charge in [-0.1, -0.05) is 25.6 Å². The SMILES string of the molecule is COc1ccc2cc(C(=O)N[C@@H]3CCC[Si](C)(C)CN3)[nH]c2n1. The van der Waals surface area contributed by atoms with E-state index in [2.05, 4.69) is 33.7 Å². The van der Waals surface area contributed by atoms with Gasteiger partial charge in [0.05, 0.1) is 21.3 Å². The Morgan fingerprint density at radius 1 is 1.43 bits per heavy atom. The van der Waals surface area contributed by atoms with Crippen molar-refractivity contribution in [1.29, 1.82) is 0 Å². The number of aromatic amines is 1. The van der Waals surface area contributed by atoms with E-state index in [0.29, 0.717) is 17.2 Å². The monoisotopic (exact) mass is 332 g/mol. The Bertz CT molecular complexity index is 713. The fourth-order valence-electron chi connectivity index (χ4n) is 2.96. The summed E-state index contributed by atoms with van der Waals surface area (Å²) in [4.78, 5) is 19.9. The topological polar surface area (TPSA) is 79.0 Å². The minimum Gasteiger partial charge on any atom is -0.481 e. The lowest BCUT2D eigenvalue weighted by molar-refractivity contribution is 0.0924. The molecule has 1 amide bonds. The number of H-pyrrole nitrogens is 1. The molecule has 23 heavy (non-hydrogen) atoms. The van der Waals surface area contributed by atoms with Gasteiger partial charge in [-0.05, 0) is 24.7 Å². The minimum atomic E-state index is -1.14. The number of rotatable bonds is 3. The van der Waals surface area contributed by atoms with Crippen molar-refractivity contribution in [3.8, 4) is 5.88 Å². The molecule has 0 spiro atoms. The summed E-state index contributed by atoms with van der Waals surface area (Å²) >= 11 is 0. The molecule has 0 radical (unpaired) electrons. The van der Waals surface area contributed by atoms with Crippen LogP contribution in [0.2, 0.25) is 19.1 Å². The maximum absolute atomic E-state index is 12.5. The molecule has 0 saturated carbocycles. The third-order valence-corrected chi connectivity index (χ3v) is 7.25. The molecule has 3 heterocycles. The summed E-state index contributed by atoms with van der Waals surface area (Å²) in [5.74, 6) is 0.435. The van der Waals surface area contributed by atoms with Crippen molar-refractivity contribution in [2.24, 2.45) is 0 Å². The van der Waals surface area contributed by atoms with Crippen molar-refractivity contribution in [2.45, 2.75) is 38.1 Å². The number of aromatic nitrogens is 2. The molecule has 3 N–H and O–H groups in total. The van der Waals surface area contributed by atoms with Gasteiger partial charge >= 0.3 is 0 Å². The first-order valence-corrected chi connectivity index (χ1v) is 11.5. The van der Waals surface area contributed by atoms with Gasteiger partial charge in [0, 0.05) is 11.5 Å². The molecule has 1 atom stereocenters. The largest absolute Gasteiger partial charge is 0.481 e. The molecule has 2 aromatic heterocycles. The van der Waals surface area contributed by atoms with Gasteiger partial charge in [0.1, 0.15) is 11.3 Å². The summed E-state index contributed by atoms with van der Waals surface area (Å²) in [7, 11) is 0.433. The maximum atomic E-state index is 12.5. The quantitative estimate of drug-likeness (QED) is 0.753. The van der Waals surface area contributed by atoms with E-state index in [0.717, 1.165) is 18.0 Å². The average Bonchev–Trinajstić information content (AvgIpc) is 2.87. The van der Waals surface area contributed by atoms with Crippen LogP contribution in [0.4, 0.5) is 0 Å². The van der Waals surface area contributed by atoms with E-state index in [1.807, 2.05) is 12.1 Å². The number of ether oxygens (including phenoxy) is 1. The number of pyridine rings is 1. The van der Waals surface area contributed by atoms with Gasteiger partial charge in [-0.25, -0.2) is 0 Å². The number of fused-ring (bicyclic) bond motifs is 1. The molecule has 0 aromatic carbocycles. The van der Waals surface area contributed by atoms with Crippen molar-refractivity contribution in [1.82, 2.24) is 20.6 Å². The second-order valence-corrected chi connectivity index (χ2v) is 12.1. The lowest BCUT2D eigenvalue weighted by atomic mass is 10.2. The van der Waals surface area contributed by atoms with E-state index < -0.39 is 8.07 Å². The summed E-state index contributed by atoms with van der Waals surface area (Å²) in [6.45, 7) is 4.78. The van der Waals surface area contributed by atoms with E-state index in [1.54, 1.807) is 13.2 Å². The molecule has 2 aromatic rings. The van der Waals surface area contributed by atoms with Gasteiger partial charge in [-0.3, -0.25) is 4.79 Å². The van der Waals surface area contributed by atoms with Crippen LogP contribution in [-0.4, -0.2) is 43.4 Å². The fraction of sp³-hybridized carbons (Fsp3) is 0.500. The first kappa shape index (κ1) is 16.0. The van der Waals surface area contributed by atoms with Gasteiger partial charge < -0.3 is 20.4 Å². The number of nitrogens with zero attached hydrogens (tertiary/aromatic N) is 1. The number of amides is 1. The number of methoxy groups -OCH3 is 1. The van der Waals surface area contributed by atoms with Crippen LogP contribution in [0, 0.1) is 0 Å². The highest BCUT2D eigenvalue weighted by Crippen LogP contribution is 2.19. The highest BCUT2D eigenvalue weighted by Gasteiger charge is 2.26. The van der Waals surface area contributed by atoms with Crippen LogP contribution in [0.3, 0.4) is 0 Å². The molecule has 1 aliphatic heterocycles. The zero-order valence-corrected chi connectivity index (χ0v) is 14.9. The Morgan fingerprint density at radius 2 is 2.26 bits per heavy atom. The summed E-state index contributed by atoms with van der Waals surface area (Å²) in [6, 6.07) is 6.82. The molecule has 1 saturated heterocycles. The highest BCUT2D eigenvalue weighted by atomic mass is 28.3. The first-order valence-electron chi connectivity index (χ1n) is 8.05. The lowest BCUT2D eigenvalue weighted by Gasteiger charge is -2.21.